The fourth-order valence-electron chi connectivity index (χ4n) is 2.06. The summed E-state index contributed by atoms with van der Waals surface area (Å²) in [5, 5.41) is 9.75. The van der Waals surface area contributed by atoms with Gasteiger partial charge in [-0.3, -0.25) is 4.79 Å². The fourth-order valence-corrected chi connectivity index (χ4v) is 2.90. The third-order valence-corrected chi connectivity index (χ3v) is 3.97. The number of carbonyl (C=O) groups is 1. The number of carbonyl (C=O) groups excluding carboxylic acids is 1. The summed E-state index contributed by atoms with van der Waals surface area (Å²) in [7, 11) is 0. The van der Waals surface area contributed by atoms with Crippen molar-refractivity contribution in [2.75, 3.05) is 25.4 Å². The lowest BCUT2D eigenvalue weighted by Crippen LogP contribution is -2.36. The molecule has 0 bridgehead atoms. The average Bonchev–Trinajstić information content (AvgIpc) is 2.67. The zero-order chi connectivity index (χ0) is 10.7. The van der Waals surface area contributed by atoms with Gasteiger partial charge in [0.15, 0.2) is 5.17 Å². The lowest BCUT2D eigenvalue weighted by atomic mass is 9.94. The summed E-state index contributed by atoms with van der Waals surface area (Å²) in [6.07, 6.45) is 3.12. The Bertz CT molecular complexity index is 273. The van der Waals surface area contributed by atoms with E-state index in [-0.39, 0.29) is 5.91 Å². The quantitative estimate of drug-likeness (QED) is 0.756. The Kier molecular flexibility index (Phi) is 3.64. The number of hydrogen-bond acceptors (Lipinski definition) is 4. The second kappa shape index (κ2) is 4.99. The molecule has 0 unspecified atom stereocenters. The van der Waals surface area contributed by atoms with Gasteiger partial charge < -0.3 is 10.0 Å². The number of piperidine rings is 1. The number of amides is 1. The zero-order valence-electron chi connectivity index (χ0n) is 8.69. The van der Waals surface area contributed by atoms with Gasteiger partial charge in [-0.1, -0.05) is 11.8 Å². The van der Waals surface area contributed by atoms with Gasteiger partial charge in [0.1, 0.15) is 0 Å². The first-order valence-electron chi connectivity index (χ1n) is 5.39. The van der Waals surface area contributed by atoms with Gasteiger partial charge in [-0.2, -0.15) is 4.99 Å². The van der Waals surface area contributed by atoms with Crippen molar-refractivity contribution in [1.82, 2.24) is 4.90 Å². The molecule has 84 valence electrons. The van der Waals surface area contributed by atoms with Crippen LogP contribution in [-0.4, -0.2) is 46.5 Å². The van der Waals surface area contributed by atoms with Gasteiger partial charge in [-0.25, -0.2) is 0 Å². The predicted octanol–water partition coefficient (Wildman–Crippen LogP) is 0.710. The molecule has 1 N–H and O–H groups in total. The highest BCUT2D eigenvalue weighted by atomic mass is 32.2. The Morgan fingerprint density at radius 2 is 2.20 bits per heavy atom. The Balaban J connectivity index is 1.83. The number of aliphatic hydroxyl groups excluding tert-OH is 1. The molecular weight excluding hydrogens is 212 g/mol. The monoisotopic (exact) mass is 228 g/mol. The third kappa shape index (κ3) is 2.72. The molecule has 1 saturated heterocycles. The van der Waals surface area contributed by atoms with E-state index >= 15 is 0 Å². The van der Waals surface area contributed by atoms with Crippen LogP contribution in [0.25, 0.3) is 0 Å². The van der Waals surface area contributed by atoms with Crippen LogP contribution in [-0.2, 0) is 4.79 Å². The van der Waals surface area contributed by atoms with Gasteiger partial charge in [-0.05, 0) is 25.2 Å². The number of aliphatic hydroxyl groups is 1. The van der Waals surface area contributed by atoms with Crippen LogP contribution in [0.2, 0.25) is 0 Å². The molecule has 2 rings (SSSR count). The molecule has 1 amide bonds. The van der Waals surface area contributed by atoms with Crippen molar-refractivity contribution in [3.63, 3.8) is 0 Å². The van der Waals surface area contributed by atoms with E-state index in [1.807, 2.05) is 0 Å². The van der Waals surface area contributed by atoms with Crippen molar-refractivity contribution in [3.05, 3.63) is 0 Å². The summed E-state index contributed by atoms with van der Waals surface area (Å²) in [5.74, 6) is 1.15. The van der Waals surface area contributed by atoms with Crippen LogP contribution in [0.15, 0.2) is 4.99 Å². The van der Waals surface area contributed by atoms with Crippen molar-refractivity contribution in [3.8, 4) is 0 Å². The van der Waals surface area contributed by atoms with Gasteiger partial charge in [0, 0.05) is 19.7 Å². The molecule has 2 aliphatic heterocycles. The van der Waals surface area contributed by atoms with Crippen molar-refractivity contribution >= 4 is 22.8 Å². The first kappa shape index (κ1) is 11.0. The lowest BCUT2D eigenvalue weighted by Gasteiger charge is -2.32. The Morgan fingerprint density at radius 1 is 1.47 bits per heavy atom. The van der Waals surface area contributed by atoms with Crippen LogP contribution in [0.4, 0.5) is 0 Å². The van der Waals surface area contributed by atoms with Crippen LogP contribution in [0, 0.1) is 5.92 Å². The standard InChI is InChI=1S/C10H16N2O2S/c13-6-3-8-1-4-12(5-2-8)10-11-9(14)7-15-10/h8,13H,1-7H2. The van der Waals surface area contributed by atoms with Gasteiger partial charge in [0.2, 0.25) is 0 Å². The second-order valence-electron chi connectivity index (χ2n) is 4.02. The van der Waals surface area contributed by atoms with Crippen molar-refractivity contribution in [2.45, 2.75) is 19.3 Å². The lowest BCUT2D eigenvalue weighted by molar-refractivity contribution is -0.115. The molecule has 0 aromatic rings. The largest absolute Gasteiger partial charge is 0.396 e. The van der Waals surface area contributed by atoms with Gasteiger partial charge in [0.05, 0.1) is 5.75 Å². The molecule has 0 aliphatic carbocycles. The molecule has 0 saturated carbocycles. The molecule has 2 aliphatic rings. The maximum atomic E-state index is 11.0. The SMILES string of the molecule is O=C1CSC(N2CCC(CCO)CC2)=N1. The number of amidine groups is 1. The van der Waals surface area contributed by atoms with Gasteiger partial charge in [-0.15, -0.1) is 0 Å². The maximum absolute atomic E-state index is 11.0. The normalized spacial score (nSPS) is 23.4. The van der Waals surface area contributed by atoms with Crippen LogP contribution in [0.3, 0.4) is 0 Å². The second-order valence-corrected chi connectivity index (χ2v) is 4.96. The Labute approximate surface area is 93.7 Å². The van der Waals surface area contributed by atoms with Crippen LogP contribution in [0.5, 0.6) is 0 Å². The number of nitrogens with zero attached hydrogens (tertiary/aromatic N) is 2. The average molecular weight is 228 g/mol. The number of rotatable bonds is 2. The van der Waals surface area contributed by atoms with Crippen LogP contribution >= 0.6 is 11.8 Å². The molecule has 0 radical (unpaired) electrons. The van der Waals surface area contributed by atoms with Gasteiger partial charge >= 0.3 is 0 Å². The molecule has 5 heteroatoms. The molecule has 0 atom stereocenters. The highest BCUT2D eigenvalue weighted by Crippen LogP contribution is 2.24. The predicted molar refractivity (Wildman–Crippen MR) is 60.9 cm³/mol. The van der Waals surface area contributed by atoms with Crippen LogP contribution < -0.4 is 0 Å². The summed E-state index contributed by atoms with van der Waals surface area (Å²) in [5.41, 5.74) is 0. The minimum atomic E-state index is -0.00696. The number of aliphatic imine (C=N–C) groups is 1. The first-order chi connectivity index (χ1) is 7.29. The molecular formula is C10H16N2O2S. The van der Waals surface area contributed by atoms with E-state index in [1.54, 1.807) is 11.8 Å². The van der Waals surface area contributed by atoms with E-state index in [1.165, 1.54) is 0 Å². The molecule has 15 heavy (non-hydrogen) atoms. The van der Waals surface area contributed by atoms with E-state index < -0.39 is 0 Å². The summed E-state index contributed by atoms with van der Waals surface area (Å²) in [6, 6.07) is 0. The molecule has 0 aromatic heterocycles. The molecule has 0 spiro atoms. The summed E-state index contributed by atoms with van der Waals surface area (Å²) in [6.45, 7) is 2.24. The van der Waals surface area contributed by atoms with Crippen LogP contribution in [0.1, 0.15) is 19.3 Å². The van der Waals surface area contributed by atoms with Crippen molar-refractivity contribution < 1.29 is 9.90 Å². The highest BCUT2D eigenvalue weighted by Gasteiger charge is 2.25. The molecule has 2 heterocycles. The minimum Gasteiger partial charge on any atom is -0.396 e. The van der Waals surface area contributed by atoms with Crippen molar-refractivity contribution in [2.24, 2.45) is 10.9 Å². The third-order valence-electron chi connectivity index (χ3n) is 2.97. The van der Waals surface area contributed by atoms with Crippen molar-refractivity contribution in [1.29, 1.82) is 0 Å². The number of likely N-dealkylation sites (tertiary alicyclic amines) is 1. The summed E-state index contributed by atoms with van der Waals surface area (Å²) >= 11 is 1.55. The highest BCUT2D eigenvalue weighted by molar-refractivity contribution is 8.14. The van der Waals surface area contributed by atoms with E-state index in [0.29, 0.717) is 18.3 Å². The summed E-state index contributed by atoms with van der Waals surface area (Å²) in [4.78, 5) is 17.2. The zero-order valence-corrected chi connectivity index (χ0v) is 9.50. The van der Waals surface area contributed by atoms with E-state index in [9.17, 15) is 4.79 Å². The maximum Gasteiger partial charge on any atom is 0.258 e. The molecule has 1 fully saturated rings. The smallest absolute Gasteiger partial charge is 0.258 e. The topological polar surface area (TPSA) is 52.9 Å². The molecule has 4 nitrogen and oxygen atoms in total. The Morgan fingerprint density at radius 3 is 2.73 bits per heavy atom. The minimum absolute atomic E-state index is 0.00696. The number of hydrogen-bond donors (Lipinski definition) is 1. The molecule has 0 aromatic carbocycles. The first-order valence-corrected chi connectivity index (χ1v) is 6.38. The van der Waals surface area contributed by atoms with Gasteiger partial charge in [0.25, 0.3) is 5.91 Å². The van der Waals surface area contributed by atoms with E-state index in [2.05, 4.69) is 9.89 Å². The summed E-state index contributed by atoms with van der Waals surface area (Å²) < 4.78 is 0. The number of thioether (sulfide) groups is 1. The Hall–Kier alpha value is -0.550. The fraction of sp³-hybridized carbons (Fsp3) is 0.800. The van der Waals surface area contributed by atoms with E-state index in [4.69, 9.17) is 5.11 Å². The van der Waals surface area contributed by atoms with E-state index in [0.717, 1.165) is 37.5 Å².